The minimum atomic E-state index is 0.452. The Labute approximate surface area is 108 Å². The summed E-state index contributed by atoms with van der Waals surface area (Å²) in [6, 6.07) is 0. The lowest BCUT2D eigenvalue weighted by atomic mass is 10.4. The van der Waals surface area contributed by atoms with E-state index in [1.165, 1.54) is 0 Å². The standard InChI is InChI=1S/C12H20N6/c1-6-7-14-11(13-2)15-8-10-9-16-12(17(3)4)18(10)5/h1,9H,7-8H2,2-5H3,(H2,13,14,15). The van der Waals surface area contributed by atoms with Gasteiger partial charge < -0.3 is 20.1 Å². The van der Waals surface area contributed by atoms with E-state index in [9.17, 15) is 0 Å². The monoisotopic (exact) mass is 248 g/mol. The lowest BCUT2D eigenvalue weighted by molar-refractivity contribution is 0.753. The first kappa shape index (κ1) is 13.9. The van der Waals surface area contributed by atoms with Crippen LogP contribution in [0.5, 0.6) is 0 Å². The smallest absolute Gasteiger partial charge is 0.204 e. The Morgan fingerprint density at radius 2 is 2.28 bits per heavy atom. The molecule has 18 heavy (non-hydrogen) atoms. The van der Waals surface area contributed by atoms with Gasteiger partial charge in [0.2, 0.25) is 5.95 Å². The maximum Gasteiger partial charge on any atom is 0.204 e. The number of nitrogens with zero attached hydrogens (tertiary/aromatic N) is 4. The zero-order valence-corrected chi connectivity index (χ0v) is 11.4. The van der Waals surface area contributed by atoms with E-state index in [2.05, 4.69) is 26.5 Å². The highest BCUT2D eigenvalue weighted by Crippen LogP contribution is 2.10. The Balaban J connectivity index is 2.61. The van der Waals surface area contributed by atoms with Crippen LogP contribution in [-0.2, 0) is 13.6 Å². The number of aromatic nitrogens is 2. The Kier molecular flexibility index (Phi) is 5.06. The van der Waals surface area contributed by atoms with Crippen LogP contribution in [0.3, 0.4) is 0 Å². The minimum absolute atomic E-state index is 0.452. The molecule has 1 aromatic heterocycles. The van der Waals surface area contributed by atoms with Crippen LogP contribution < -0.4 is 15.5 Å². The van der Waals surface area contributed by atoms with Crippen LogP contribution in [-0.4, -0.2) is 43.2 Å². The molecule has 1 rings (SSSR count). The Morgan fingerprint density at radius 1 is 1.56 bits per heavy atom. The van der Waals surface area contributed by atoms with Crippen molar-refractivity contribution < 1.29 is 0 Å². The van der Waals surface area contributed by atoms with Gasteiger partial charge in [-0.1, -0.05) is 5.92 Å². The van der Waals surface area contributed by atoms with E-state index in [1.54, 1.807) is 7.05 Å². The predicted molar refractivity (Wildman–Crippen MR) is 74.6 cm³/mol. The molecule has 98 valence electrons. The fourth-order valence-corrected chi connectivity index (χ4v) is 1.54. The predicted octanol–water partition coefficient (Wildman–Crippen LogP) is -0.216. The SMILES string of the molecule is C#CCNC(=NC)NCc1cnc(N(C)C)n1C. The maximum absolute atomic E-state index is 5.18. The summed E-state index contributed by atoms with van der Waals surface area (Å²) >= 11 is 0. The second kappa shape index (κ2) is 6.55. The molecule has 0 aliphatic carbocycles. The molecule has 1 aromatic rings. The minimum Gasteiger partial charge on any atom is -0.351 e. The molecule has 2 N–H and O–H groups in total. The molecule has 0 amide bonds. The van der Waals surface area contributed by atoms with Crippen LogP contribution in [0.15, 0.2) is 11.2 Å². The number of aliphatic imine (C=N–C) groups is 1. The molecule has 6 heteroatoms. The zero-order chi connectivity index (χ0) is 13.5. The van der Waals surface area contributed by atoms with Gasteiger partial charge in [0.1, 0.15) is 0 Å². The van der Waals surface area contributed by atoms with E-state index < -0.39 is 0 Å². The highest BCUT2D eigenvalue weighted by molar-refractivity contribution is 5.79. The second-order valence-electron chi connectivity index (χ2n) is 3.99. The Morgan fingerprint density at radius 3 is 2.78 bits per heavy atom. The van der Waals surface area contributed by atoms with Gasteiger partial charge in [-0.3, -0.25) is 4.99 Å². The number of anilines is 1. The van der Waals surface area contributed by atoms with Crippen molar-refractivity contribution in [3.05, 3.63) is 11.9 Å². The second-order valence-corrected chi connectivity index (χ2v) is 3.99. The molecule has 0 atom stereocenters. The highest BCUT2D eigenvalue weighted by atomic mass is 15.3. The van der Waals surface area contributed by atoms with Crippen molar-refractivity contribution in [3.63, 3.8) is 0 Å². The van der Waals surface area contributed by atoms with E-state index in [0.29, 0.717) is 19.0 Å². The summed E-state index contributed by atoms with van der Waals surface area (Å²) in [5.74, 6) is 4.10. The summed E-state index contributed by atoms with van der Waals surface area (Å²) < 4.78 is 2.03. The quantitative estimate of drug-likeness (QED) is 0.439. The Hall–Kier alpha value is -2.16. The van der Waals surface area contributed by atoms with E-state index in [-0.39, 0.29) is 0 Å². The average Bonchev–Trinajstić information content (AvgIpc) is 2.71. The highest BCUT2D eigenvalue weighted by Gasteiger charge is 2.08. The largest absolute Gasteiger partial charge is 0.351 e. The molecule has 6 nitrogen and oxygen atoms in total. The van der Waals surface area contributed by atoms with Gasteiger partial charge in [0.25, 0.3) is 0 Å². The van der Waals surface area contributed by atoms with Gasteiger partial charge >= 0.3 is 0 Å². The van der Waals surface area contributed by atoms with Crippen molar-refractivity contribution in [2.45, 2.75) is 6.54 Å². The first-order chi connectivity index (χ1) is 8.60. The summed E-state index contributed by atoms with van der Waals surface area (Å²) in [5, 5.41) is 6.18. The van der Waals surface area contributed by atoms with Crippen molar-refractivity contribution in [2.75, 3.05) is 32.6 Å². The summed E-state index contributed by atoms with van der Waals surface area (Å²) in [6.45, 7) is 1.09. The fourth-order valence-electron chi connectivity index (χ4n) is 1.54. The van der Waals surface area contributed by atoms with Crippen LogP contribution in [0, 0.1) is 12.3 Å². The van der Waals surface area contributed by atoms with E-state index in [4.69, 9.17) is 6.42 Å². The molecule has 0 aliphatic heterocycles. The molecule has 0 saturated heterocycles. The molecule has 0 saturated carbocycles. The molecule has 0 bridgehead atoms. The lowest BCUT2D eigenvalue weighted by Gasteiger charge is -2.14. The van der Waals surface area contributed by atoms with Gasteiger partial charge in [-0.2, -0.15) is 0 Å². The summed E-state index contributed by atoms with van der Waals surface area (Å²) in [6.07, 6.45) is 7.03. The third-order valence-corrected chi connectivity index (χ3v) is 2.48. The molecule has 0 aromatic carbocycles. The first-order valence-electron chi connectivity index (χ1n) is 5.66. The van der Waals surface area contributed by atoms with Gasteiger partial charge in [0, 0.05) is 28.2 Å². The van der Waals surface area contributed by atoms with Crippen molar-refractivity contribution in [1.82, 2.24) is 20.2 Å². The fraction of sp³-hybridized carbons (Fsp3) is 0.500. The van der Waals surface area contributed by atoms with Gasteiger partial charge in [0.15, 0.2) is 5.96 Å². The molecule has 0 unspecified atom stereocenters. The number of guanidine groups is 1. The number of hydrogen-bond acceptors (Lipinski definition) is 3. The molecule has 0 fully saturated rings. The van der Waals surface area contributed by atoms with Crippen molar-refractivity contribution >= 4 is 11.9 Å². The molecule has 1 heterocycles. The lowest BCUT2D eigenvalue weighted by Crippen LogP contribution is -2.37. The van der Waals surface area contributed by atoms with Gasteiger partial charge in [-0.15, -0.1) is 6.42 Å². The normalized spacial score (nSPS) is 10.9. The molecular formula is C12H20N6. The number of imidazole rings is 1. The van der Waals surface area contributed by atoms with E-state index >= 15 is 0 Å². The summed E-state index contributed by atoms with van der Waals surface area (Å²) in [7, 11) is 7.62. The van der Waals surface area contributed by atoms with Crippen LogP contribution in [0.25, 0.3) is 0 Å². The van der Waals surface area contributed by atoms with E-state index in [0.717, 1.165) is 11.6 Å². The summed E-state index contributed by atoms with van der Waals surface area (Å²) in [4.78, 5) is 10.4. The van der Waals surface area contributed by atoms with Gasteiger partial charge in [0.05, 0.1) is 25.0 Å². The van der Waals surface area contributed by atoms with Crippen molar-refractivity contribution in [1.29, 1.82) is 0 Å². The van der Waals surface area contributed by atoms with Crippen LogP contribution >= 0.6 is 0 Å². The number of hydrogen-bond donors (Lipinski definition) is 2. The molecule has 0 spiro atoms. The maximum atomic E-state index is 5.18. The molecule has 0 radical (unpaired) electrons. The van der Waals surface area contributed by atoms with Crippen molar-refractivity contribution in [2.24, 2.45) is 12.0 Å². The first-order valence-corrected chi connectivity index (χ1v) is 5.66. The zero-order valence-electron chi connectivity index (χ0n) is 11.4. The van der Waals surface area contributed by atoms with Gasteiger partial charge in [-0.25, -0.2) is 4.98 Å². The third kappa shape index (κ3) is 3.42. The molecular weight excluding hydrogens is 228 g/mol. The summed E-state index contributed by atoms with van der Waals surface area (Å²) in [5.41, 5.74) is 1.07. The number of nitrogens with one attached hydrogen (secondary N) is 2. The Bertz CT molecular complexity index is 452. The average molecular weight is 248 g/mol. The molecule has 0 aliphatic rings. The number of rotatable bonds is 4. The van der Waals surface area contributed by atoms with E-state index in [1.807, 2.05) is 36.8 Å². The van der Waals surface area contributed by atoms with Crippen LogP contribution in [0.4, 0.5) is 5.95 Å². The van der Waals surface area contributed by atoms with Gasteiger partial charge in [-0.05, 0) is 0 Å². The topological polar surface area (TPSA) is 57.5 Å². The third-order valence-electron chi connectivity index (χ3n) is 2.48. The van der Waals surface area contributed by atoms with Crippen LogP contribution in [0.2, 0.25) is 0 Å². The van der Waals surface area contributed by atoms with Crippen LogP contribution in [0.1, 0.15) is 5.69 Å². The number of terminal acetylenes is 1. The van der Waals surface area contributed by atoms with Crippen molar-refractivity contribution in [3.8, 4) is 12.3 Å².